The first-order valence-electron chi connectivity index (χ1n) is 5.93. The van der Waals surface area contributed by atoms with E-state index in [1.165, 1.54) is 18.4 Å². The molecule has 20 heavy (non-hydrogen) atoms. The average molecular weight is 273 g/mol. The standard InChI is InChI=1S/C14H11NO5/c1-8-4-10(15-20-8)7-19-13-6-9(14(16)17)5-12-11(13)2-3-18-12/h2-6H,7H2,1H3,(H,16,17). The molecule has 6 nitrogen and oxygen atoms in total. The Hall–Kier alpha value is -2.76. The topological polar surface area (TPSA) is 85.7 Å². The van der Waals surface area contributed by atoms with E-state index in [4.69, 9.17) is 18.8 Å². The molecular formula is C14H11NO5. The molecule has 102 valence electrons. The highest BCUT2D eigenvalue weighted by molar-refractivity contribution is 5.95. The van der Waals surface area contributed by atoms with Crippen LogP contribution in [0.1, 0.15) is 21.8 Å². The van der Waals surface area contributed by atoms with Crippen molar-refractivity contribution in [1.82, 2.24) is 5.16 Å². The number of ether oxygens (including phenoxy) is 1. The van der Waals surface area contributed by atoms with Gasteiger partial charge in [-0.2, -0.15) is 0 Å². The molecule has 0 radical (unpaired) electrons. The molecule has 2 heterocycles. The zero-order chi connectivity index (χ0) is 14.1. The Balaban J connectivity index is 1.93. The lowest BCUT2D eigenvalue weighted by molar-refractivity contribution is 0.0696. The van der Waals surface area contributed by atoms with Crippen molar-refractivity contribution in [3.8, 4) is 5.75 Å². The molecule has 0 unspecified atom stereocenters. The van der Waals surface area contributed by atoms with Crippen LogP contribution in [-0.4, -0.2) is 16.2 Å². The molecule has 3 rings (SSSR count). The van der Waals surface area contributed by atoms with E-state index in [0.29, 0.717) is 22.8 Å². The molecule has 0 saturated heterocycles. The zero-order valence-electron chi connectivity index (χ0n) is 10.6. The van der Waals surface area contributed by atoms with Crippen molar-refractivity contribution in [3.63, 3.8) is 0 Å². The minimum absolute atomic E-state index is 0.110. The summed E-state index contributed by atoms with van der Waals surface area (Å²) >= 11 is 0. The summed E-state index contributed by atoms with van der Waals surface area (Å²) in [5.41, 5.74) is 1.22. The number of carboxylic acid groups (broad SMARTS) is 1. The first-order chi connectivity index (χ1) is 9.63. The Morgan fingerprint density at radius 1 is 1.40 bits per heavy atom. The molecule has 6 heteroatoms. The minimum atomic E-state index is -1.04. The number of aromatic nitrogens is 1. The summed E-state index contributed by atoms with van der Waals surface area (Å²) in [5, 5.41) is 13.6. The number of hydrogen-bond donors (Lipinski definition) is 1. The summed E-state index contributed by atoms with van der Waals surface area (Å²) in [6.07, 6.45) is 1.49. The molecule has 3 aromatic rings. The average Bonchev–Trinajstić information content (AvgIpc) is 3.04. The van der Waals surface area contributed by atoms with Crippen molar-refractivity contribution >= 4 is 16.9 Å². The van der Waals surface area contributed by atoms with Gasteiger partial charge in [-0.05, 0) is 25.1 Å². The molecule has 0 aliphatic carbocycles. The van der Waals surface area contributed by atoms with Gasteiger partial charge < -0.3 is 18.8 Å². The Morgan fingerprint density at radius 2 is 2.25 bits per heavy atom. The van der Waals surface area contributed by atoms with Gasteiger partial charge in [0.2, 0.25) is 0 Å². The van der Waals surface area contributed by atoms with E-state index in [-0.39, 0.29) is 12.2 Å². The predicted octanol–water partition coefficient (Wildman–Crippen LogP) is 3.01. The number of fused-ring (bicyclic) bond motifs is 1. The Kier molecular flexibility index (Phi) is 2.90. The maximum absolute atomic E-state index is 11.1. The van der Waals surface area contributed by atoms with Crippen LogP contribution in [0.15, 0.2) is 39.5 Å². The molecule has 0 fully saturated rings. The molecule has 1 N–H and O–H groups in total. The number of carboxylic acids is 1. The Bertz CT molecular complexity index is 771. The van der Waals surface area contributed by atoms with Crippen LogP contribution in [0.5, 0.6) is 5.75 Å². The lowest BCUT2D eigenvalue weighted by Crippen LogP contribution is -2.00. The smallest absolute Gasteiger partial charge is 0.335 e. The van der Waals surface area contributed by atoms with Crippen LogP contribution in [0.3, 0.4) is 0 Å². The zero-order valence-corrected chi connectivity index (χ0v) is 10.6. The normalized spacial score (nSPS) is 10.8. The molecule has 0 atom stereocenters. The number of carbonyl (C=O) groups is 1. The first kappa shape index (κ1) is 12.3. The summed E-state index contributed by atoms with van der Waals surface area (Å²) in [6.45, 7) is 1.98. The molecule has 0 saturated carbocycles. The van der Waals surface area contributed by atoms with E-state index in [0.717, 1.165) is 5.39 Å². The van der Waals surface area contributed by atoms with Gasteiger partial charge in [0.05, 0.1) is 17.2 Å². The number of hydrogen-bond acceptors (Lipinski definition) is 5. The predicted molar refractivity (Wildman–Crippen MR) is 68.7 cm³/mol. The van der Waals surface area contributed by atoms with E-state index >= 15 is 0 Å². The van der Waals surface area contributed by atoms with E-state index in [9.17, 15) is 4.79 Å². The van der Waals surface area contributed by atoms with Crippen LogP contribution in [0.4, 0.5) is 0 Å². The van der Waals surface area contributed by atoms with Crippen molar-refractivity contribution < 1.29 is 23.6 Å². The summed E-state index contributed by atoms with van der Waals surface area (Å²) in [5.74, 6) is 0.0936. The van der Waals surface area contributed by atoms with Crippen molar-refractivity contribution in [1.29, 1.82) is 0 Å². The van der Waals surface area contributed by atoms with Crippen LogP contribution in [0, 0.1) is 6.92 Å². The SMILES string of the molecule is Cc1cc(COc2cc(C(=O)O)cc3occc23)no1. The molecule has 0 aliphatic heterocycles. The maximum atomic E-state index is 11.1. The van der Waals surface area contributed by atoms with Gasteiger partial charge in [-0.15, -0.1) is 0 Å². The number of aryl methyl sites for hydroxylation is 1. The summed E-state index contributed by atoms with van der Waals surface area (Å²) in [4.78, 5) is 11.1. The fraction of sp³-hybridized carbons (Fsp3) is 0.143. The Labute approximate surface area is 113 Å². The van der Waals surface area contributed by atoms with Gasteiger partial charge in [-0.25, -0.2) is 4.79 Å². The number of rotatable bonds is 4. The van der Waals surface area contributed by atoms with Crippen LogP contribution in [0.25, 0.3) is 11.0 Å². The van der Waals surface area contributed by atoms with Crippen molar-refractivity contribution in [2.24, 2.45) is 0 Å². The van der Waals surface area contributed by atoms with Gasteiger partial charge in [0.1, 0.15) is 29.4 Å². The summed E-state index contributed by atoms with van der Waals surface area (Å²) in [6, 6.07) is 6.41. The van der Waals surface area contributed by atoms with Crippen LogP contribution in [0.2, 0.25) is 0 Å². The molecule has 0 spiro atoms. The quantitative estimate of drug-likeness (QED) is 0.786. The molecule has 0 amide bonds. The van der Waals surface area contributed by atoms with Crippen molar-refractivity contribution in [3.05, 3.63) is 47.5 Å². The molecule has 0 aliphatic rings. The molecule has 2 aromatic heterocycles. The highest BCUT2D eigenvalue weighted by atomic mass is 16.5. The van der Waals surface area contributed by atoms with Gasteiger partial charge in [-0.3, -0.25) is 0 Å². The fourth-order valence-corrected chi connectivity index (χ4v) is 1.92. The third kappa shape index (κ3) is 2.23. The van der Waals surface area contributed by atoms with Gasteiger partial charge in [0, 0.05) is 6.07 Å². The van der Waals surface area contributed by atoms with Crippen LogP contribution in [-0.2, 0) is 6.61 Å². The lowest BCUT2D eigenvalue weighted by Gasteiger charge is -2.06. The van der Waals surface area contributed by atoms with Gasteiger partial charge in [0.25, 0.3) is 0 Å². The molecule has 1 aromatic carbocycles. The Morgan fingerprint density at radius 3 is 2.95 bits per heavy atom. The number of aromatic carboxylic acids is 1. The van der Waals surface area contributed by atoms with E-state index in [1.54, 1.807) is 19.1 Å². The number of benzene rings is 1. The maximum Gasteiger partial charge on any atom is 0.335 e. The third-order valence-electron chi connectivity index (χ3n) is 2.83. The third-order valence-corrected chi connectivity index (χ3v) is 2.83. The summed E-state index contributed by atoms with van der Waals surface area (Å²) in [7, 11) is 0. The highest BCUT2D eigenvalue weighted by Crippen LogP contribution is 2.29. The van der Waals surface area contributed by atoms with Crippen molar-refractivity contribution in [2.45, 2.75) is 13.5 Å². The monoisotopic (exact) mass is 273 g/mol. The number of nitrogens with zero attached hydrogens (tertiary/aromatic N) is 1. The number of furan rings is 1. The summed E-state index contributed by atoms with van der Waals surface area (Å²) < 4.78 is 15.8. The second kappa shape index (κ2) is 4.73. The highest BCUT2D eigenvalue weighted by Gasteiger charge is 2.13. The first-order valence-corrected chi connectivity index (χ1v) is 5.93. The fourth-order valence-electron chi connectivity index (χ4n) is 1.92. The molecule has 0 bridgehead atoms. The van der Waals surface area contributed by atoms with Crippen molar-refractivity contribution in [2.75, 3.05) is 0 Å². The van der Waals surface area contributed by atoms with E-state index in [2.05, 4.69) is 5.16 Å². The molecular weight excluding hydrogens is 262 g/mol. The van der Waals surface area contributed by atoms with Gasteiger partial charge >= 0.3 is 5.97 Å². The van der Waals surface area contributed by atoms with Gasteiger partial charge in [-0.1, -0.05) is 5.16 Å². The van der Waals surface area contributed by atoms with Crippen LogP contribution >= 0.6 is 0 Å². The second-order valence-corrected chi connectivity index (χ2v) is 4.33. The largest absolute Gasteiger partial charge is 0.486 e. The van der Waals surface area contributed by atoms with Gasteiger partial charge in [0.15, 0.2) is 0 Å². The lowest BCUT2D eigenvalue weighted by atomic mass is 10.1. The second-order valence-electron chi connectivity index (χ2n) is 4.33. The van der Waals surface area contributed by atoms with E-state index < -0.39 is 5.97 Å². The van der Waals surface area contributed by atoms with E-state index in [1.807, 2.05) is 0 Å². The van der Waals surface area contributed by atoms with Crippen LogP contribution < -0.4 is 4.74 Å². The minimum Gasteiger partial charge on any atom is -0.486 e.